The second-order valence-corrected chi connectivity index (χ2v) is 5.67. The molecule has 22 heavy (non-hydrogen) atoms. The summed E-state index contributed by atoms with van der Waals surface area (Å²) in [6, 6.07) is 5.13. The number of nitrogens with one attached hydrogen (secondary N) is 2. The Balaban J connectivity index is 2.06. The number of benzene rings is 1. The van der Waals surface area contributed by atoms with Crippen LogP contribution in [0.1, 0.15) is 30.6 Å². The van der Waals surface area contributed by atoms with Gasteiger partial charge in [0, 0.05) is 23.5 Å². The van der Waals surface area contributed by atoms with E-state index in [1.54, 1.807) is 18.2 Å². The van der Waals surface area contributed by atoms with Crippen molar-refractivity contribution in [3.8, 4) is 0 Å². The zero-order valence-electron chi connectivity index (χ0n) is 12.2. The number of amides is 1. The molecule has 2 aromatic rings. The lowest BCUT2D eigenvalue weighted by atomic mass is 10.2. The lowest BCUT2D eigenvalue weighted by molar-refractivity contribution is 0.102. The molecule has 1 aromatic carbocycles. The number of hydrogen-bond acceptors (Lipinski definition) is 4. The Hall–Kier alpha value is -1.85. The van der Waals surface area contributed by atoms with Crippen molar-refractivity contribution < 1.29 is 4.79 Å². The van der Waals surface area contributed by atoms with E-state index in [4.69, 9.17) is 23.2 Å². The molecule has 5 nitrogen and oxygen atoms in total. The molecule has 116 valence electrons. The SMILES string of the molecule is CCC(C)Nc1ncc(C(=O)Nc2ccc(Cl)cc2Cl)cn1. The molecule has 0 aliphatic heterocycles. The minimum Gasteiger partial charge on any atom is -0.352 e. The number of nitrogens with zero attached hydrogens (tertiary/aromatic N) is 2. The van der Waals surface area contributed by atoms with E-state index in [1.807, 2.05) is 6.92 Å². The maximum Gasteiger partial charge on any atom is 0.258 e. The monoisotopic (exact) mass is 338 g/mol. The van der Waals surface area contributed by atoms with Gasteiger partial charge < -0.3 is 10.6 Å². The summed E-state index contributed by atoms with van der Waals surface area (Å²) >= 11 is 11.8. The molecule has 0 spiro atoms. The zero-order valence-corrected chi connectivity index (χ0v) is 13.7. The smallest absolute Gasteiger partial charge is 0.258 e. The number of anilines is 2. The van der Waals surface area contributed by atoms with E-state index in [0.29, 0.717) is 27.2 Å². The summed E-state index contributed by atoms with van der Waals surface area (Å²) in [7, 11) is 0. The van der Waals surface area contributed by atoms with E-state index < -0.39 is 0 Å². The summed E-state index contributed by atoms with van der Waals surface area (Å²) in [5, 5.41) is 6.71. The Morgan fingerprint density at radius 3 is 2.55 bits per heavy atom. The van der Waals surface area contributed by atoms with Crippen LogP contribution in [0.4, 0.5) is 11.6 Å². The van der Waals surface area contributed by atoms with Crippen LogP contribution in [0.2, 0.25) is 10.0 Å². The molecule has 2 N–H and O–H groups in total. The molecule has 1 unspecified atom stereocenters. The van der Waals surface area contributed by atoms with Crippen LogP contribution in [-0.2, 0) is 0 Å². The van der Waals surface area contributed by atoms with Gasteiger partial charge in [-0.05, 0) is 31.5 Å². The topological polar surface area (TPSA) is 66.9 Å². The largest absolute Gasteiger partial charge is 0.352 e. The molecule has 1 aromatic heterocycles. The quantitative estimate of drug-likeness (QED) is 0.855. The van der Waals surface area contributed by atoms with Crippen LogP contribution in [0, 0.1) is 0 Å². The van der Waals surface area contributed by atoms with Crippen LogP contribution < -0.4 is 10.6 Å². The van der Waals surface area contributed by atoms with Gasteiger partial charge in [0.1, 0.15) is 0 Å². The highest BCUT2D eigenvalue weighted by molar-refractivity contribution is 6.36. The molecule has 2 rings (SSSR count). The van der Waals surface area contributed by atoms with Crippen LogP contribution >= 0.6 is 23.2 Å². The minimum absolute atomic E-state index is 0.271. The molecule has 7 heteroatoms. The van der Waals surface area contributed by atoms with E-state index in [2.05, 4.69) is 27.5 Å². The molecular weight excluding hydrogens is 323 g/mol. The lowest BCUT2D eigenvalue weighted by Gasteiger charge is -2.11. The highest BCUT2D eigenvalue weighted by Crippen LogP contribution is 2.25. The molecule has 0 bridgehead atoms. The van der Waals surface area contributed by atoms with Gasteiger partial charge in [0.25, 0.3) is 5.91 Å². The molecule has 0 aliphatic rings. The Kier molecular flexibility index (Phi) is 5.57. The Labute approximate surface area is 139 Å². The summed E-state index contributed by atoms with van der Waals surface area (Å²) in [6.45, 7) is 4.10. The van der Waals surface area contributed by atoms with Crippen molar-refractivity contribution in [1.29, 1.82) is 0 Å². The first-order valence-corrected chi connectivity index (χ1v) is 7.60. The summed E-state index contributed by atoms with van der Waals surface area (Å²) in [6.07, 6.45) is 3.90. The number of hydrogen-bond donors (Lipinski definition) is 2. The van der Waals surface area contributed by atoms with E-state index in [1.165, 1.54) is 12.4 Å². The van der Waals surface area contributed by atoms with E-state index in [0.717, 1.165) is 6.42 Å². The first-order chi connectivity index (χ1) is 10.5. The van der Waals surface area contributed by atoms with Crippen LogP contribution in [-0.4, -0.2) is 21.9 Å². The fourth-order valence-corrected chi connectivity index (χ4v) is 2.08. The van der Waals surface area contributed by atoms with Crippen molar-refractivity contribution in [2.24, 2.45) is 0 Å². The third kappa shape index (κ3) is 4.32. The van der Waals surface area contributed by atoms with Crippen molar-refractivity contribution in [3.05, 3.63) is 46.2 Å². The summed E-state index contributed by atoms with van der Waals surface area (Å²) in [5.74, 6) is 0.162. The summed E-state index contributed by atoms with van der Waals surface area (Å²) in [5.41, 5.74) is 0.832. The average Bonchev–Trinajstić information content (AvgIpc) is 2.50. The Morgan fingerprint density at radius 2 is 1.95 bits per heavy atom. The normalized spacial score (nSPS) is 11.8. The summed E-state index contributed by atoms with van der Waals surface area (Å²) in [4.78, 5) is 20.4. The first-order valence-electron chi connectivity index (χ1n) is 6.84. The van der Waals surface area contributed by atoms with E-state index in [9.17, 15) is 4.79 Å². The zero-order chi connectivity index (χ0) is 16.1. The molecule has 0 fully saturated rings. The van der Waals surface area contributed by atoms with Gasteiger partial charge in [-0.3, -0.25) is 4.79 Å². The number of carbonyl (C=O) groups excluding carboxylic acids is 1. The van der Waals surface area contributed by atoms with Crippen LogP contribution in [0.15, 0.2) is 30.6 Å². The van der Waals surface area contributed by atoms with Crippen molar-refractivity contribution >= 4 is 40.7 Å². The van der Waals surface area contributed by atoms with Gasteiger partial charge in [-0.1, -0.05) is 30.1 Å². The van der Waals surface area contributed by atoms with Crippen molar-refractivity contribution in [2.45, 2.75) is 26.3 Å². The highest BCUT2D eigenvalue weighted by atomic mass is 35.5. The summed E-state index contributed by atoms with van der Waals surface area (Å²) < 4.78 is 0. The van der Waals surface area contributed by atoms with Gasteiger partial charge in [-0.2, -0.15) is 0 Å². The fraction of sp³-hybridized carbons (Fsp3) is 0.267. The predicted octanol–water partition coefficient (Wildman–Crippen LogP) is 4.25. The molecule has 0 radical (unpaired) electrons. The van der Waals surface area contributed by atoms with Crippen molar-refractivity contribution in [1.82, 2.24) is 9.97 Å². The molecule has 1 amide bonds. The van der Waals surface area contributed by atoms with Crippen LogP contribution in [0.3, 0.4) is 0 Å². The van der Waals surface area contributed by atoms with Gasteiger partial charge in [0.2, 0.25) is 5.95 Å². The molecular formula is C15H16Cl2N4O. The maximum atomic E-state index is 12.1. The van der Waals surface area contributed by atoms with Gasteiger partial charge in [0.15, 0.2) is 0 Å². The van der Waals surface area contributed by atoms with E-state index in [-0.39, 0.29) is 11.9 Å². The van der Waals surface area contributed by atoms with Crippen LogP contribution in [0.25, 0.3) is 0 Å². The second kappa shape index (κ2) is 7.42. The molecule has 1 heterocycles. The Bertz CT molecular complexity index is 661. The van der Waals surface area contributed by atoms with Gasteiger partial charge in [-0.15, -0.1) is 0 Å². The minimum atomic E-state index is -0.334. The maximum absolute atomic E-state index is 12.1. The Morgan fingerprint density at radius 1 is 1.27 bits per heavy atom. The average molecular weight is 339 g/mol. The van der Waals surface area contributed by atoms with Gasteiger partial charge >= 0.3 is 0 Å². The van der Waals surface area contributed by atoms with Crippen LogP contribution in [0.5, 0.6) is 0 Å². The highest BCUT2D eigenvalue weighted by Gasteiger charge is 2.10. The molecule has 0 saturated carbocycles. The van der Waals surface area contributed by atoms with Gasteiger partial charge in [-0.25, -0.2) is 9.97 Å². The van der Waals surface area contributed by atoms with Gasteiger partial charge in [0.05, 0.1) is 16.3 Å². The number of aromatic nitrogens is 2. The predicted molar refractivity (Wildman–Crippen MR) is 89.8 cm³/mol. The van der Waals surface area contributed by atoms with Crippen molar-refractivity contribution in [3.63, 3.8) is 0 Å². The number of halogens is 2. The van der Waals surface area contributed by atoms with E-state index >= 15 is 0 Å². The fourth-order valence-electron chi connectivity index (χ4n) is 1.63. The third-order valence-electron chi connectivity index (χ3n) is 3.08. The first kappa shape index (κ1) is 16.5. The third-order valence-corrected chi connectivity index (χ3v) is 3.63. The number of carbonyl (C=O) groups is 1. The van der Waals surface area contributed by atoms with Crippen molar-refractivity contribution in [2.75, 3.05) is 10.6 Å². The molecule has 0 saturated heterocycles. The second-order valence-electron chi connectivity index (χ2n) is 4.83. The standard InChI is InChI=1S/C15H16Cl2N4O/c1-3-9(2)20-15-18-7-10(8-19-15)14(22)21-13-5-4-11(16)6-12(13)17/h4-9H,3H2,1-2H3,(H,21,22)(H,18,19,20). The molecule has 1 atom stereocenters. The number of rotatable bonds is 5. The lowest BCUT2D eigenvalue weighted by Crippen LogP contribution is -2.17. The molecule has 0 aliphatic carbocycles.